The summed E-state index contributed by atoms with van der Waals surface area (Å²) >= 11 is 5.73. The first-order valence-electron chi connectivity index (χ1n) is 7.39. The van der Waals surface area contributed by atoms with Gasteiger partial charge in [0.05, 0.1) is 11.6 Å². The maximum absolute atomic E-state index is 13.9. The van der Waals surface area contributed by atoms with Gasteiger partial charge in [-0.2, -0.15) is 0 Å². The minimum Gasteiger partial charge on any atom is -0.487 e. The average Bonchev–Trinajstić information content (AvgIpc) is 2.45. The first-order valence-corrected chi connectivity index (χ1v) is 7.77. The van der Waals surface area contributed by atoms with Crippen molar-refractivity contribution in [2.24, 2.45) is 0 Å². The molecular formula is C18H17ClFNO2. The molecule has 0 unspecified atom stereocenters. The fourth-order valence-corrected chi connectivity index (χ4v) is 3.00. The Bertz CT molecular complexity index is 760. The molecule has 0 aliphatic carbocycles. The number of para-hydroxylation sites is 1. The summed E-state index contributed by atoms with van der Waals surface area (Å²) < 4.78 is 19.9. The summed E-state index contributed by atoms with van der Waals surface area (Å²) in [6, 6.07) is 11.4. The van der Waals surface area contributed by atoms with Gasteiger partial charge in [0.1, 0.15) is 17.2 Å². The van der Waals surface area contributed by atoms with Crippen molar-refractivity contribution < 1.29 is 13.9 Å². The molecule has 1 atom stereocenters. The minimum absolute atomic E-state index is 0.0174. The van der Waals surface area contributed by atoms with Crippen LogP contribution in [0.5, 0.6) is 5.75 Å². The number of hydrogen-bond acceptors (Lipinski definition) is 2. The van der Waals surface area contributed by atoms with E-state index >= 15 is 0 Å². The zero-order valence-corrected chi connectivity index (χ0v) is 13.7. The number of amides is 1. The Hall–Kier alpha value is -2.07. The Kier molecular flexibility index (Phi) is 4.02. The van der Waals surface area contributed by atoms with E-state index in [1.165, 1.54) is 12.1 Å². The van der Waals surface area contributed by atoms with Crippen molar-refractivity contribution in [3.8, 4) is 5.75 Å². The van der Waals surface area contributed by atoms with Crippen molar-refractivity contribution >= 4 is 17.5 Å². The SMILES string of the molecule is CC1(C)C[C@@H](NC(=O)c2ccc(Cl)cc2F)c2ccccc2O1. The molecule has 0 fully saturated rings. The zero-order chi connectivity index (χ0) is 16.6. The van der Waals surface area contributed by atoms with Gasteiger partial charge in [0.25, 0.3) is 5.91 Å². The van der Waals surface area contributed by atoms with Crippen LogP contribution in [0.3, 0.4) is 0 Å². The monoisotopic (exact) mass is 333 g/mol. The highest BCUT2D eigenvalue weighted by molar-refractivity contribution is 6.30. The van der Waals surface area contributed by atoms with Crippen LogP contribution in [0.4, 0.5) is 4.39 Å². The Morgan fingerprint density at radius 1 is 1.30 bits per heavy atom. The van der Waals surface area contributed by atoms with Crippen LogP contribution in [0.25, 0.3) is 0 Å². The molecule has 3 nitrogen and oxygen atoms in total. The van der Waals surface area contributed by atoms with E-state index in [1.54, 1.807) is 0 Å². The molecule has 2 aromatic rings. The molecule has 120 valence electrons. The summed E-state index contributed by atoms with van der Waals surface area (Å²) in [5, 5.41) is 3.17. The van der Waals surface area contributed by atoms with Crippen molar-refractivity contribution in [2.45, 2.75) is 31.9 Å². The van der Waals surface area contributed by atoms with E-state index in [9.17, 15) is 9.18 Å². The van der Waals surface area contributed by atoms with Crippen LogP contribution in [0.15, 0.2) is 42.5 Å². The molecule has 0 saturated carbocycles. The highest BCUT2D eigenvalue weighted by Gasteiger charge is 2.34. The van der Waals surface area contributed by atoms with E-state index in [2.05, 4.69) is 5.32 Å². The molecule has 2 aromatic carbocycles. The van der Waals surface area contributed by atoms with Crippen LogP contribution in [-0.4, -0.2) is 11.5 Å². The standard InChI is InChI=1S/C18H17ClFNO2/c1-18(2)10-15(13-5-3-4-6-16(13)23-18)21-17(22)12-8-7-11(19)9-14(12)20/h3-9,15H,10H2,1-2H3,(H,21,22)/t15-/m1/s1. The van der Waals surface area contributed by atoms with E-state index in [1.807, 2.05) is 38.1 Å². The Balaban J connectivity index is 1.88. The Morgan fingerprint density at radius 2 is 2.04 bits per heavy atom. The second-order valence-electron chi connectivity index (χ2n) is 6.25. The lowest BCUT2D eigenvalue weighted by Gasteiger charge is -2.37. The van der Waals surface area contributed by atoms with Crippen molar-refractivity contribution in [3.05, 3.63) is 64.4 Å². The number of halogens is 2. The van der Waals surface area contributed by atoms with Gasteiger partial charge in [-0.1, -0.05) is 29.8 Å². The molecule has 0 bridgehead atoms. The smallest absolute Gasteiger partial charge is 0.254 e. The van der Waals surface area contributed by atoms with Crippen molar-refractivity contribution in [1.29, 1.82) is 0 Å². The van der Waals surface area contributed by atoms with Gasteiger partial charge in [0, 0.05) is 17.0 Å². The lowest BCUT2D eigenvalue weighted by Crippen LogP contribution is -2.41. The van der Waals surface area contributed by atoms with Gasteiger partial charge in [0.15, 0.2) is 0 Å². The third-order valence-corrected chi connectivity index (χ3v) is 4.09. The van der Waals surface area contributed by atoms with Gasteiger partial charge < -0.3 is 10.1 Å². The van der Waals surface area contributed by atoms with Crippen LogP contribution in [0.2, 0.25) is 5.02 Å². The van der Waals surface area contributed by atoms with E-state index in [0.29, 0.717) is 6.42 Å². The van der Waals surface area contributed by atoms with Gasteiger partial charge in [-0.15, -0.1) is 0 Å². The van der Waals surface area contributed by atoms with E-state index in [0.717, 1.165) is 17.4 Å². The fourth-order valence-electron chi connectivity index (χ4n) is 2.84. The molecule has 1 heterocycles. The van der Waals surface area contributed by atoms with Gasteiger partial charge >= 0.3 is 0 Å². The molecule has 0 radical (unpaired) electrons. The zero-order valence-electron chi connectivity index (χ0n) is 12.9. The molecule has 1 aliphatic rings. The number of hydrogen-bond donors (Lipinski definition) is 1. The van der Waals surface area contributed by atoms with E-state index < -0.39 is 17.3 Å². The molecule has 0 spiro atoms. The number of carbonyl (C=O) groups excluding carboxylic acids is 1. The predicted molar refractivity (Wildman–Crippen MR) is 87.4 cm³/mol. The molecular weight excluding hydrogens is 317 g/mol. The van der Waals surface area contributed by atoms with Crippen LogP contribution in [0.1, 0.15) is 42.2 Å². The van der Waals surface area contributed by atoms with Gasteiger partial charge in [0.2, 0.25) is 0 Å². The molecule has 5 heteroatoms. The summed E-state index contributed by atoms with van der Waals surface area (Å²) in [4.78, 5) is 12.4. The summed E-state index contributed by atoms with van der Waals surface area (Å²) in [5.74, 6) is -0.350. The Labute approximate surface area is 139 Å². The lowest BCUT2D eigenvalue weighted by atomic mass is 9.89. The minimum atomic E-state index is -0.630. The first-order chi connectivity index (χ1) is 10.9. The molecule has 3 rings (SSSR count). The maximum Gasteiger partial charge on any atom is 0.254 e. The van der Waals surface area contributed by atoms with Crippen molar-refractivity contribution in [3.63, 3.8) is 0 Å². The van der Waals surface area contributed by atoms with Crippen molar-refractivity contribution in [1.82, 2.24) is 5.32 Å². The van der Waals surface area contributed by atoms with Crippen LogP contribution < -0.4 is 10.1 Å². The molecule has 1 aliphatic heterocycles. The van der Waals surface area contributed by atoms with Gasteiger partial charge in [-0.25, -0.2) is 4.39 Å². The quantitative estimate of drug-likeness (QED) is 0.878. The van der Waals surface area contributed by atoms with Crippen molar-refractivity contribution in [2.75, 3.05) is 0 Å². The maximum atomic E-state index is 13.9. The van der Waals surface area contributed by atoms with Crippen LogP contribution in [-0.2, 0) is 0 Å². The largest absolute Gasteiger partial charge is 0.487 e. The number of nitrogens with one attached hydrogen (secondary N) is 1. The lowest BCUT2D eigenvalue weighted by molar-refractivity contribution is 0.0618. The molecule has 1 amide bonds. The normalized spacial score (nSPS) is 18.7. The van der Waals surface area contributed by atoms with Gasteiger partial charge in [-0.05, 0) is 38.1 Å². The number of rotatable bonds is 2. The summed E-state index contributed by atoms with van der Waals surface area (Å²) in [6.07, 6.45) is 0.602. The second-order valence-corrected chi connectivity index (χ2v) is 6.69. The third-order valence-electron chi connectivity index (χ3n) is 3.86. The fraction of sp³-hybridized carbons (Fsp3) is 0.278. The van der Waals surface area contributed by atoms with E-state index in [-0.39, 0.29) is 16.6 Å². The third kappa shape index (κ3) is 3.32. The van der Waals surface area contributed by atoms with E-state index in [4.69, 9.17) is 16.3 Å². The molecule has 0 aromatic heterocycles. The van der Waals surface area contributed by atoms with Gasteiger partial charge in [-0.3, -0.25) is 4.79 Å². The van der Waals surface area contributed by atoms with Crippen LogP contribution in [0, 0.1) is 5.82 Å². The Morgan fingerprint density at radius 3 is 2.78 bits per heavy atom. The second kappa shape index (κ2) is 5.85. The number of ether oxygens (including phenoxy) is 1. The predicted octanol–water partition coefficient (Wildman–Crippen LogP) is 4.51. The number of fused-ring (bicyclic) bond motifs is 1. The summed E-state index contributed by atoms with van der Waals surface area (Å²) in [7, 11) is 0. The number of carbonyl (C=O) groups is 1. The topological polar surface area (TPSA) is 38.3 Å². The summed E-state index contributed by atoms with van der Waals surface area (Å²) in [6.45, 7) is 3.93. The molecule has 1 N–H and O–H groups in total. The highest BCUT2D eigenvalue weighted by atomic mass is 35.5. The number of benzene rings is 2. The molecule has 23 heavy (non-hydrogen) atoms. The average molecular weight is 334 g/mol. The summed E-state index contributed by atoms with van der Waals surface area (Å²) in [5.41, 5.74) is 0.468. The molecule has 0 saturated heterocycles. The highest BCUT2D eigenvalue weighted by Crippen LogP contribution is 2.39. The van der Waals surface area contributed by atoms with Crippen LogP contribution >= 0.6 is 11.6 Å². The first kappa shape index (κ1) is 15.8.